The third-order valence-corrected chi connectivity index (χ3v) is 3.01. The van der Waals surface area contributed by atoms with Crippen LogP contribution in [0.5, 0.6) is 5.75 Å². The van der Waals surface area contributed by atoms with Gasteiger partial charge in [-0.15, -0.1) is 0 Å². The molecule has 0 saturated heterocycles. The molecule has 0 spiro atoms. The van der Waals surface area contributed by atoms with Crippen molar-refractivity contribution >= 4 is 6.03 Å². The van der Waals surface area contributed by atoms with E-state index >= 15 is 0 Å². The Morgan fingerprint density at radius 2 is 2.19 bits per heavy atom. The molecule has 0 saturated carbocycles. The number of amides is 2. The summed E-state index contributed by atoms with van der Waals surface area (Å²) in [4.78, 5) is 20.0. The third kappa shape index (κ3) is 4.17. The number of hydrogen-bond donors (Lipinski definition) is 2. The summed E-state index contributed by atoms with van der Waals surface area (Å²) in [7, 11) is 1.58. The van der Waals surface area contributed by atoms with Crippen LogP contribution >= 0.6 is 0 Å². The number of ether oxygens (including phenoxy) is 1. The first kappa shape index (κ1) is 14.8. The lowest BCUT2D eigenvalue weighted by Gasteiger charge is -2.17. The molecular weight excluding hydrogens is 268 g/mol. The van der Waals surface area contributed by atoms with Crippen LogP contribution in [0.3, 0.4) is 0 Å². The van der Waals surface area contributed by atoms with Gasteiger partial charge < -0.3 is 15.4 Å². The Balaban J connectivity index is 1.90. The molecule has 0 aromatic carbocycles. The number of nitrogens with zero attached hydrogens (tertiary/aromatic N) is 2. The molecule has 0 fully saturated rings. The lowest BCUT2D eigenvalue weighted by atomic mass is 10.1. The van der Waals surface area contributed by atoms with E-state index in [1.807, 2.05) is 31.2 Å². The summed E-state index contributed by atoms with van der Waals surface area (Å²) in [6.07, 6.45) is 4.99. The molecule has 2 amide bonds. The van der Waals surface area contributed by atoms with Gasteiger partial charge in [-0.05, 0) is 25.1 Å². The first-order valence-electron chi connectivity index (χ1n) is 6.63. The Labute approximate surface area is 123 Å². The summed E-state index contributed by atoms with van der Waals surface area (Å²) < 4.78 is 5.23. The Hall–Kier alpha value is -2.63. The summed E-state index contributed by atoms with van der Waals surface area (Å²) in [6.45, 7) is 2.27. The number of carbonyl (C=O) groups excluding carboxylic acids is 1. The summed E-state index contributed by atoms with van der Waals surface area (Å²) in [6, 6.07) is 6.95. The first-order valence-corrected chi connectivity index (χ1v) is 6.63. The minimum Gasteiger partial charge on any atom is -0.495 e. The van der Waals surface area contributed by atoms with Gasteiger partial charge in [0.2, 0.25) is 0 Å². The highest BCUT2D eigenvalue weighted by Crippen LogP contribution is 2.22. The molecule has 1 atom stereocenters. The Bertz CT molecular complexity index is 589. The van der Waals surface area contributed by atoms with Crippen LogP contribution in [0.25, 0.3) is 0 Å². The van der Waals surface area contributed by atoms with Crippen LogP contribution in [0, 0.1) is 0 Å². The van der Waals surface area contributed by atoms with E-state index in [0.29, 0.717) is 12.3 Å². The van der Waals surface area contributed by atoms with Crippen molar-refractivity contribution in [3.8, 4) is 5.75 Å². The second-order valence-electron chi connectivity index (χ2n) is 4.49. The summed E-state index contributed by atoms with van der Waals surface area (Å²) in [5.74, 6) is 0.648. The largest absolute Gasteiger partial charge is 0.495 e. The predicted octanol–water partition coefficient (Wildman–Crippen LogP) is 2.05. The smallest absolute Gasteiger partial charge is 0.315 e. The quantitative estimate of drug-likeness (QED) is 0.882. The van der Waals surface area contributed by atoms with Crippen LogP contribution in [0.1, 0.15) is 24.2 Å². The second kappa shape index (κ2) is 7.23. The highest BCUT2D eigenvalue weighted by atomic mass is 16.5. The third-order valence-electron chi connectivity index (χ3n) is 3.01. The van der Waals surface area contributed by atoms with Crippen LogP contribution in [-0.4, -0.2) is 23.1 Å². The van der Waals surface area contributed by atoms with Crippen LogP contribution < -0.4 is 15.4 Å². The average molecular weight is 286 g/mol. The standard InChI is InChI=1S/C15H18N4O2/c1-11(13-6-8-16-10-14(13)21-2)19-15(20)18-9-12-5-3-4-7-17-12/h3-8,10-11H,9H2,1-2H3,(H2,18,19,20). The molecule has 6 heteroatoms. The summed E-state index contributed by atoms with van der Waals surface area (Å²) >= 11 is 0. The molecule has 2 rings (SSSR count). The van der Waals surface area contributed by atoms with Gasteiger partial charge >= 0.3 is 6.03 Å². The number of nitrogens with one attached hydrogen (secondary N) is 2. The molecule has 0 bridgehead atoms. The van der Waals surface area contributed by atoms with Crippen molar-refractivity contribution in [2.45, 2.75) is 19.5 Å². The van der Waals surface area contributed by atoms with Crippen LogP contribution in [0.15, 0.2) is 42.9 Å². The van der Waals surface area contributed by atoms with Gasteiger partial charge in [-0.3, -0.25) is 9.97 Å². The molecular formula is C15H18N4O2. The molecule has 0 radical (unpaired) electrons. The van der Waals surface area contributed by atoms with Crippen molar-refractivity contribution in [2.24, 2.45) is 0 Å². The Kier molecular flexibility index (Phi) is 5.09. The van der Waals surface area contributed by atoms with E-state index in [1.54, 1.807) is 25.7 Å². The lowest BCUT2D eigenvalue weighted by molar-refractivity contribution is 0.237. The maximum atomic E-state index is 11.9. The van der Waals surface area contributed by atoms with Gasteiger partial charge in [-0.25, -0.2) is 4.79 Å². The monoisotopic (exact) mass is 286 g/mol. The topological polar surface area (TPSA) is 76.1 Å². The van der Waals surface area contributed by atoms with Crippen molar-refractivity contribution in [2.75, 3.05) is 7.11 Å². The van der Waals surface area contributed by atoms with E-state index in [1.165, 1.54) is 0 Å². The summed E-state index contributed by atoms with van der Waals surface area (Å²) in [5.41, 5.74) is 1.68. The predicted molar refractivity (Wildman–Crippen MR) is 78.8 cm³/mol. The molecule has 2 aromatic rings. The lowest BCUT2D eigenvalue weighted by Crippen LogP contribution is -2.36. The number of pyridine rings is 2. The van der Waals surface area contributed by atoms with E-state index < -0.39 is 0 Å². The number of hydrogen-bond acceptors (Lipinski definition) is 4. The maximum absolute atomic E-state index is 11.9. The Morgan fingerprint density at radius 3 is 2.90 bits per heavy atom. The zero-order valence-electron chi connectivity index (χ0n) is 12.0. The minimum absolute atomic E-state index is 0.188. The molecule has 2 heterocycles. The second-order valence-corrected chi connectivity index (χ2v) is 4.49. The van der Waals surface area contributed by atoms with Crippen LogP contribution in [0.4, 0.5) is 4.79 Å². The number of methoxy groups -OCH3 is 1. The van der Waals surface area contributed by atoms with Crippen LogP contribution in [-0.2, 0) is 6.54 Å². The molecule has 0 aliphatic rings. The average Bonchev–Trinajstić information content (AvgIpc) is 2.53. The number of aromatic nitrogens is 2. The molecule has 21 heavy (non-hydrogen) atoms. The van der Waals surface area contributed by atoms with Gasteiger partial charge in [0.05, 0.1) is 31.6 Å². The van der Waals surface area contributed by atoms with E-state index in [2.05, 4.69) is 20.6 Å². The zero-order chi connectivity index (χ0) is 15.1. The van der Waals surface area contributed by atoms with Crippen molar-refractivity contribution in [1.82, 2.24) is 20.6 Å². The van der Waals surface area contributed by atoms with Gasteiger partial charge in [0, 0.05) is 18.0 Å². The van der Waals surface area contributed by atoms with Gasteiger partial charge in [0.15, 0.2) is 0 Å². The molecule has 0 aliphatic carbocycles. The first-order chi connectivity index (χ1) is 10.2. The number of carbonyl (C=O) groups is 1. The van der Waals surface area contributed by atoms with Crippen molar-refractivity contribution in [3.05, 3.63) is 54.1 Å². The summed E-state index contributed by atoms with van der Waals surface area (Å²) in [5, 5.41) is 5.62. The van der Waals surface area contributed by atoms with Gasteiger partial charge in [0.25, 0.3) is 0 Å². The van der Waals surface area contributed by atoms with Crippen molar-refractivity contribution in [1.29, 1.82) is 0 Å². The minimum atomic E-state index is -0.257. The van der Waals surface area contributed by atoms with Gasteiger partial charge in [0.1, 0.15) is 5.75 Å². The van der Waals surface area contributed by atoms with E-state index in [-0.39, 0.29) is 12.1 Å². The van der Waals surface area contributed by atoms with Gasteiger partial charge in [-0.1, -0.05) is 6.07 Å². The van der Waals surface area contributed by atoms with E-state index in [4.69, 9.17) is 4.74 Å². The van der Waals surface area contributed by atoms with Crippen molar-refractivity contribution in [3.63, 3.8) is 0 Å². The van der Waals surface area contributed by atoms with Crippen molar-refractivity contribution < 1.29 is 9.53 Å². The molecule has 110 valence electrons. The van der Waals surface area contributed by atoms with Crippen LogP contribution in [0.2, 0.25) is 0 Å². The fourth-order valence-electron chi connectivity index (χ4n) is 1.92. The maximum Gasteiger partial charge on any atom is 0.315 e. The van der Waals surface area contributed by atoms with Gasteiger partial charge in [-0.2, -0.15) is 0 Å². The number of urea groups is 1. The Morgan fingerprint density at radius 1 is 1.33 bits per heavy atom. The van der Waals surface area contributed by atoms with E-state index in [9.17, 15) is 4.79 Å². The normalized spacial score (nSPS) is 11.5. The highest BCUT2D eigenvalue weighted by Gasteiger charge is 2.13. The van der Waals surface area contributed by atoms with E-state index in [0.717, 1.165) is 11.3 Å². The fraction of sp³-hybridized carbons (Fsp3) is 0.267. The number of rotatable bonds is 5. The molecule has 2 N–H and O–H groups in total. The molecule has 6 nitrogen and oxygen atoms in total. The zero-order valence-corrected chi connectivity index (χ0v) is 12.0. The SMILES string of the molecule is COc1cnccc1C(C)NC(=O)NCc1ccccn1. The molecule has 0 aliphatic heterocycles. The fourth-order valence-corrected chi connectivity index (χ4v) is 1.92. The molecule has 1 unspecified atom stereocenters. The highest BCUT2D eigenvalue weighted by molar-refractivity contribution is 5.74. The molecule has 2 aromatic heterocycles.